The standard InChI is InChI=1S/C25H48O/c1-3-4-5-6-7-11-14-17-20-23(2)25(26)24-21-18-15-12-9-8-10-13-16-19-22-24/h23-24H,3-22H2,1-2H3. The lowest BCUT2D eigenvalue weighted by Gasteiger charge is -2.21. The van der Waals surface area contributed by atoms with E-state index in [4.69, 9.17) is 0 Å². The van der Waals surface area contributed by atoms with Crippen LogP contribution in [0.15, 0.2) is 0 Å². The molecule has 0 radical (unpaired) electrons. The third-order valence-electron chi connectivity index (χ3n) is 6.48. The predicted molar refractivity (Wildman–Crippen MR) is 116 cm³/mol. The molecule has 0 saturated heterocycles. The van der Waals surface area contributed by atoms with Gasteiger partial charge in [-0.1, -0.05) is 123 Å². The van der Waals surface area contributed by atoms with Crippen molar-refractivity contribution in [3.8, 4) is 0 Å². The number of Topliss-reactive ketones (excluding diaryl/α,β-unsaturated/α-hetero) is 1. The minimum atomic E-state index is 0.299. The molecule has 1 aliphatic carbocycles. The largest absolute Gasteiger partial charge is 0.299 e. The van der Waals surface area contributed by atoms with Crippen LogP contribution in [0.2, 0.25) is 0 Å². The second-order valence-electron chi connectivity index (χ2n) is 9.02. The van der Waals surface area contributed by atoms with Gasteiger partial charge in [0.15, 0.2) is 0 Å². The molecule has 1 rings (SSSR count). The third kappa shape index (κ3) is 12.1. The maximum Gasteiger partial charge on any atom is 0.138 e. The minimum absolute atomic E-state index is 0.299. The van der Waals surface area contributed by atoms with Crippen LogP contribution in [-0.2, 0) is 4.79 Å². The fourth-order valence-corrected chi connectivity index (χ4v) is 4.58. The van der Waals surface area contributed by atoms with Crippen LogP contribution >= 0.6 is 0 Å². The van der Waals surface area contributed by atoms with Crippen LogP contribution in [0, 0.1) is 11.8 Å². The van der Waals surface area contributed by atoms with Gasteiger partial charge >= 0.3 is 0 Å². The number of hydrogen-bond acceptors (Lipinski definition) is 1. The van der Waals surface area contributed by atoms with E-state index < -0.39 is 0 Å². The Morgan fingerprint density at radius 3 is 1.62 bits per heavy atom. The summed E-state index contributed by atoms with van der Waals surface area (Å²) in [5.41, 5.74) is 0. The molecule has 1 atom stereocenters. The van der Waals surface area contributed by atoms with Gasteiger partial charge in [-0.2, -0.15) is 0 Å². The summed E-state index contributed by atoms with van der Waals surface area (Å²) >= 11 is 0. The van der Waals surface area contributed by atoms with Crippen LogP contribution in [0.3, 0.4) is 0 Å². The first kappa shape index (κ1) is 23.7. The summed E-state index contributed by atoms with van der Waals surface area (Å²) in [5.74, 6) is 1.27. The molecule has 26 heavy (non-hydrogen) atoms. The number of carbonyl (C=O) groups is 1. The molecule has 0 N–H and O–H groups in total. The van der Waals surface area contributed by atoms with Crippen LogP contribution in [-0.4, -0.2) is 5.78 Å². The number of hydrogen-bond donors (Lipinski definition) is 0. The highest BCUT2D eigenvalue weighted by Crippen LogP contribution is 2.26. The number of rotatable bonds is 11. The van der Waals surface area contributed by atoms with Gasteiger partial charge < -0.3 is 0 Å². The van der Waals surface area contributed by atoms with E-state index in [0.29, 0.717) is 17.6 Å². The molecule has 0 aromatic rings. The van der Waals surface area contributed by atoms with E-state index in [-0.39, 0.29) is 0 Å². The fraction of sp³-hybridized carbons (Fsp3) is 0.960. The summed E-state index contributed by atoms with van der Waals surface area (Å²) in [6.45, 7) is 4.49. The highest BCUT2D eigenvalue weighted by molar-refractivity contribution is 5.83. The lowest BCUT2D eigenvalue weighted by atomic mass is 9.83. The Morgan fingerprint density at radius 2 is 1.12 bits per heavy atom. The topological polar surface area (TPSA) is 17.1 Å². The van der Waals surface area contributed by atoms with Crippen molar-refractivity contribution in [2.45, 2.75) is 142 Å². The van der Waals surface area contributed by atoms with E-state index in [2.05, 4.69) is 13.8 Å². The van der Waals surface area contributed by atoms with Crippen LogP contribution in [0.25, 0.3) is 0 Å². The monoisotopic (exact) mass is 364 g/mol. The predicted octanol–water partition coefficient (Wildman–Crippen LogP) is 8.64. The van der Waals surface area contributed by atoms with Gasteiger partial charge in [-0.05, 0) is 19.3 Å². The third-order valence-corrected chi connectivity index (χ3v) is 6.48. The van der Waals surface area contributed by atoms with Crippen molar-refractivity contribution in [1.82, 2.24) is 0 Å². The molecule has 1 aliphatic rings. The maximum absolute atomic E-state index is 13.0. The molecule has 0 aromatic carbocycles. The number of carbonyl (C=O) groups excluding carboxylic acids is 1. The number of unbranched alkanes of at least 4 members (excludes halogenated alkanes) is 7. The maximum atomic E-state index is 13.0. The molecule has 1 fully saturated rings. The van der Waals surface area contributed by atoms with Crippen molar-refractivity contribution in [2.75, 3.05) is 0 Å². The van der Waals surface area contributed by atoms with Crippen LogP contribution < -0.4 is 0 Å². The quantitative estimate of drug-likeness (QED) is 0.335. The van der Waals surface area contributed by atoms with Gasteiger partial charge in [0.1, 0.15) is 5.78 Å². The minimum Gasteiger partial charge on any atom is -0.299 e. The van der Waals surface area contributed by atoms with E-state index >= 15 is 0 Å². The van der Waals surface area contributed by atoms with Crippen LogP contribution in [0.1, 0.15) is 142 Å². The second-order valence-corrected chi connectivity index (χ2v) is 9.02. The lowest BCUT2D eigenvalue weighted by molar-refractivity contribution is -0.127. The summed E-state index contributed by atoms with van der Waals surface area (Å²) in [7, 11) is 0. The first-order chi connectivity index (χ1) is 12.8. The summed E-state index contributed by atoms with van der Waals surface area (Å²) in [6.07, 6.45) is 26.6. The zero-order valence-corrected chi connectivity index (χ0v) is 18.2. The zero-order chi connectivity index (χ0) is 18.9. The van der Waals surface area contributed by atoms with Crippen molar-refractivity contribution in [1.29, 1.82) is 0 Å². The van der Waals surface area contributed by atoms with Crippen LogP contribution in [0.5, 0.6) is 0 Å². The van der Waals surface area contributed by atoms with Crippen LogP contribution in [0.4, 0.5) is 0 Å². The van der Waals surface area contributed by atoms with Crippen molar-refractivity contribution in [3.05, 3.63) is 0 Å². The lowest BCUT2D eigenvalue weighted by Crippen LogP contribution is -2.22. The molecule has 154 valence electrons. The van der Waals surface area contributed by atoms with Crippen molar-refractivity contribution < 1.29 is 4.79 Å². The Balaban J connectivity index is 2.20. The Hall–Kier alpha value is -0.330. The van der Waals surface area contributed by atoms with Gasteiger partial charge in [0.25, 0.3) is 0 Å². The molecule has 0 aromatic heterocycles. The SMILES string of the molecule is CCCCCCCCCCC(C)C(=O)C1CCCCCCCCCCC1. The van der Waals surface area contributed by atoms with E-state index in [9.17, 15) is 4.79 Å². The van der Waals surface area contributed by atoms with Gasteiger partial charge in [-0.15, -0.1) is 0 Å². The second kappa shape index (κ2) is 16.8. The summed E-state index contributed by atoms with van der Waals surface area (Å²) in [4.78, 5) is 13.0. The van der Waals surface area contributed by atoms with Gasteiger partial charge in [0.2, 0.25) is 0 Å². The van der Waals surface area contributed by atoms with E-state index in [0.717, 1.165) is 6.42 Å². The molecule has 0 heterocycles. The zero-order valence-electron chi connectivity index (χ0n) is 18.2. The van der Waals surface area contributed by atoms with Gasteiger partial charge in [0.05, 0.1) is 0 Å². The van der Waals surface area contributed by atoms with Gasteiger partial charge in [0, 0.05) is 11.8 Å². The molecule has 1 saturated carbocycles. The summed E-state index contributed by atoms with van der Waals surface area (Å²) < 4.78 is 0. The van der Waals surface area contributed by atoms with Gasteiger partial charge in [-0.3, -0.25) is 4.79 Å². The Kier molecular flexibility index (Phi) is 15.3. The smallest absolute Gasteiger partial charge is 0.138 e. The van der Waals surface area contributed by atoms with E-state index in [1.807, 2.05) is 0 Å². The average Bonchev–Trinajstić information content (AvgIpc) is 2.63. The van der Waals surface area contributed by atoms with Crippen molar-refractivity contribution in [2.24, 2.45) is 11.8 Å². The van der Waals surface area contributed by atoms with Crippen molar-refractivity contribution in [3.63, 3.8) is 0 Å². The first-order valence-corrected chi connectivity index (χ1v) is 12.3. The summed E-state index contributed by atoms with van der Waals surface area (Å²) in [6, 6.07) is 0. The number of ketones is 1. The highest BCUT2D eigenvalue weighted by Gasteiger charge is 2.23. The Labute approximate surface area is 165 Å². The average molecular weight is 365 g/mol. The normalized spacial score (nSPS) is 19.5. The molecular weight excluding hydrogens is 316 g/mol. The van der Waals surface area contributed by atoms with Crippen molar-refractivity contribution >= 4 is 5.78 Å². The van der Waals surface area contributed by atoms with E-state index in [1.165, 1.54) is 122 Å². The Bertz CT molecular complexity index is 310. The summed E-state index contributed by atoms with van der Waals surface area (Å²) in [5, 5.41) is 0. The van der Waals surface area contributed by atoms with E-state index in [1.54, 1.807) is 0 Å². The molecular formula is C25H48O. The molecule has 0 spiro atoms. The van der Waals surface area contributed by atoms with Gasteiger partial charge in [-0.25, -0.2) is 0 Å². The highest BCUT2D eigenvalue weighted by atomic mass is 16.1. The molecule has 0 amide bonds. The first-order valence-electron chi connectivity index (χ1n) is 12.3. The molecule has 0 aliphatic heterocycles. The molecule has 1 heteroatoms. The molecule has 0 bridgehead atoms. The molecule has 1 unspecified atom stereocenters. The Morgan fingerprint density at radius 1 is 0.692 bits per heavy atom. The molecule has 1 nitrogen and oxygen atoms in total. The fourth-order valence-electron chi connectivity index (χ4n) is 4.58.